The largest absolute Gasteiger partial charge is 0.338 e. The summed E-state index contributed by atoms with van der Waals surface area (Å²) in [5.74, 6) is 0.322. The second kappa shape index (κ2) is 6.96. The summed E-state index contributed by atoms with van der Waals surface area (Å²) in [5, 5.41) is 8.00. The standard InChI is InChI=1S/C18H20N4O/c1-14(12-22-10-9-19-13-22)11-20-18(23)21-17-8-4-6-15-5-2-3-7-16(15)17/h2-10,13-14H,11-12H2,1H3,(H2,20,21,23). The van der Waals surface area contributed by atoms with Gasteiger partial charge in [-0.05, 0) is 17.4 Å². The number of carbonyl (C=O) groups excluding carboxylic acids is 1. The van der Waals surface area contributed by atoms with Gasteiger partial charge in [0, 0.05) is 30.9 Å². The molecule has 0 spiro atoms. The molecule has 1 heterocycles. The van der Waals surface area contributed by atoms with Crippen LogP contribution < -0.4 is 10.6 Å². The molecule has 3 aromatic rings. The van der Waals surface area contributed by atoms with E-state index in [1.807, 2.05) is 53.2 Å². The molecule has 0 aliphatic rings. The Kier molecular flexibility index (Phi) is 4.57. The van der Waals surface area contributed by atoms with E-state index < -0.39 is 0 Å². The number of amides is 2. The van der Waals surface area contributed by atoms with Crippen LogP contribution in [0.4, 0.5) is 10.5 Å². The van der Waals surface area contributed by atoms with Gasteiger partial charge in [0.05, 0.1) is 12.0 Å². The summed E-state index contributed by atoms with van der Waals surface area (Å²) in [5.41, 5.74) is 0.822. The van der Waals surface area contributed by atoms with E-state index in [1.54, 1.807) is 12.5 Å². The second-order valence-electron chi connectivity index (χ2n) is 5.73. The first kappa shape index (κ1) is 15.1. The van der Waals surface area contributed by atoms with Gasteiger partial charge in [-0.3, -0.25) is 0 Å². The maximum Gasteiger partial charge on any atom is 0.319 e. The zero-order valence-corrected chi connectivity index (χ0v) is 13.1. The summed E-state index contributed by atoms with van der Waals surface area (Å²) in [4.78, 5) is 16.1. The van der Waals surface area contributed by atoms with Crippen LogP contribution in [-0.4, -0.2) is 22.1 Å². The molecule has 0 aliphatic heterocycles. The summed E-state index contributed by atoms with van der Waals surface area (Å²) in [6, 6.07) is 13.7. The highest BCUT2D eigenvalue weighted by Crippen LogP contribution is 2.22. The molecule has 1 unspecified atom stereocenters. The number of hydrogen-bond acceptors (Lipinski definition) is 2. The average Bonchev–Trinajstić information content (AvgIpc) is 3.06. The molecule has 2 amide bonds. The highest BCUT2D eigenvalue weighted by molar-refractivity contribution is 6.01. The van der Waals surface area contributed by atoms with E-state index in [1.165, 1.54) is 0 Å². The molecular formula is C18H20N4O. The number of rotatable bonds is 5. The van der Waals surface area contributed by atoms with E-state index in [-0.39, 0.29) is 6.03 Å². The minimum Gasteiger partial charge on any atom is -0.338 e. The summed E-state index contributed by atoms with van der Waals surface area (Å²) < 4.78 is 2.01. The Hall–Kier alpha value is -2.82. The van der Waals surface area contributed by atoms with Crippen LogP contribution in [0, 0.1) is 5.92 Å². The Labute approximate surface area is 135 Å². The maximum atomic E-state index is 12.1. The predicted octanol–water partition coefficient (Wildman–Crippen LogP) is 3.49. The fraction of sp³-hybridized carbons (Fsp3) is 0.222. The molecule has 0 saturated carbocycles. The Morgan fingerprint density at radius 2 is 2.04 bits per heavy atom. The van der Waals surface area contributed by atoms with Gasteiger partial charge in [-0.15, -0.1) is 0 Å². The lowest BCUT2D eigenvalue weighted by Gasteiger charge is -2.14. The quantitative estimate of drug-likeness (QED) is 0.758. The Balaban J connectivity index is 1.56. The van der Waals surface area contributed by atoms with Crippen molar-refractivity contribution in [2.45, 2.75) is 13.5 Å². The summed E-state index contributed by atoms with van der Waals surface area (Å²) in [7, 11) is 0. The number of fused-ring (bicyclic) bond motifs is 1. The number of aromatic nitrogens is 2. The molecule has 0 saturated heterocycles. The normalized spacial score (nSPS) is 12.0. The molecule has 5 nitrogen and oxygen atoms in total. The molecule has 0 bridgehead atoms. The lowest BCUT2D eigenvalue weighted by Crippen LogP contribution is -2.33. The Morgan fingerprint density at radius 1 is 1.22 bits per heavy atom. The average molecular weight is 308 g/mol. The van der Waals surface area contributed by atoms with Crippen LogP contribution in [0.25, 0.3) is 10.8 Å². The first-order valence-electron chi connectivity index (χ1n) is 7.71. The van der Waals surface area contributed by atoms with Crippen LogP contribution in [0.2, 0.25) is 0 Å². The molecule has 23 heavy (non-hydrogen) atoms. The number of urea groups is 1. The number of nitrogens with zero attached hydrogens (tertiary/aromatic N) is 2. The van der Waals surface area contributed by atoms with Gasteiger partial charge < -0.3 is 15.2 Å². The van der Waals surface area contributed by atoms with Crippen LogP contribution >= 0.6 is 0 Å². The first-order chi connectivity index (χ1) is 11.2. The van der Waals surface area contributed by atoms with E-state index >= 15 is 0 Å². The number of imidazole rings is 1. The third-order valence-electron chi connectivity index (χ3n) is 3.73. The van der Waals surface area contributed by atoms with Crippen LogP contribution in [0.5, 0.6) is 0 Å². The topological polar surface area (TPSA) is 59.0 Å². The summed E-state index contributed by atoms with van der Waals surface area (Å²) >= 11 is 0. The van der Waals surface area contributed by atoms with E-state index in [4.69, 9.17) is 0 Å². The van der Waals surface area contributed by atoms with Gasteiger partial charge in [0.25, 0.3) is 0 Å². The van der Waals surface area contributed by atoms with Crippen molar-refractivity contribution >= 4 is 22.5 Å². The van der Waals surface area contributed by atoms with Crippen LogP contribution in [0.1, 0.15) is 6.92 Å². The van der Waals surface area contributed by atoms with Crippen LogP contribution in [0.3, 0.4) is 0 Å². The van der Waals surface area contributed by atoms with Gasteiger partial charge in [0.15, 0.2) is 0 Å². The number of benzene rings is 2. The number of carbonyl (C=O) groups is 1. The monoisotopic (exact) mass is 308 g/mol. The smallest absolute Gasteiger partial charge is 0.319 e. The highest BCUT2D eigenvalue weighted by Gasteiger charge is 2.08. The Morgan fingerprint density at radius 3 is 2.87 bits per heavy atom. The van der Waals surface area contributed by atoms with Crippen LogP contribution in [0.15, 0.2) is 61.2 Å². The minimum absolute atomic E-state index is 0.182. The molecule has 0 fully saturated rings. The van der Waals surface area contributed by atoms with Crippen molar-refractivity contribution < 1.29 is 4.79 Å². The molecule has 0 aliphatic carbocycles. The summed E-state index contributed by atoms with van der Waals surface area (Å²) in [6.45, 7) is 3.53. The minimum atomic E-state index is -0.182. The molecule has 2 N–H and O–H groups in total. The van der Waals surface area contributed by atoms with Crippen molar-refractivity contribution in [1.82, 2.24) is 14.9 Å². The van der Waals surface area contributed by atoms with E-state index in [0.717, 1.165) is 23.0 Å². The number of nitrogens with one attached hydrogen (secondary N) is 2. The fourth-order valence-corrected chi connectivity index (χ4v) is 2.59. The second-order valence-corrected chi connectivity index (χ2v) is 5.73. The van der Waals surface area contributed by atoms with Gasteiger partial charge in [0.1, 0.15) is 0 Å². The molecule has 118 valence electrons. The molecule has 5 heteroatoms. The van der Waals surface area contributed by atoms with Crippen molar-refractivity contribution in [3.05, 3.63) is 61.2 Å². The lowest BCUT2D eigenvalue weighted by atomic mass is 10.1. The SMILES string of the molecule is CC(CNC(=O)Nc1cccc2ccccc12)Cn1ccnc1. The third-order valence-corrected chi connectivity index (χ3v) is 3.73. The van der Waals surface area contributed by atoms with E-state index in [0.29, 0.717) is 12.5 Å². The lowest BCUT2D eigenvalue weighted by molar-refractivity contribution is 0.250. The predicted molar refractivity (Wildman–Crippen MR) is 92.4 cm³/mol. The van der Waals surface area contributed by atoms with Gasteiger partial charge >= 0.3 is 6.03 Å². The van der Waals surface area contributed by atoms with Crippen molar-refractivity contribution in [2.75, 3.05) is 11.9 Å². The van der Waals surface area contributed by atoms with Gasteiger partial charge in [-0.2, -0.15) is 0 Å². The van der Waals surface area contributed by atoms with E-state index in [2.05, 4.69) is 22.5 Å². The maximum absolute atomic E-state index is 12.1. The van der Waals surface area contributed by atoms with Crippen molar-refractivity contribution in [1.29, 1.82) is 0 Å². The van der Waals surface area contributed by atoms with Crippen molar-refractivity contribution in [2.24, 2.45) is 5.92 Å². The summed E-state index contributed by atoms with van der Waals surface area (Å²) in [6.07, 6.45) is 5.47. The van der Waals surface area contributed by atoms with Crippen molar-refractivity contribution in [3.8, 4) is 0 Å². The fourth-order valence-electron chi connectivity index (χ4n) is 2.59. The van der Waals surface area contributed by atoms with Gasteiger partial charge in [-0.1, -0.05) is 43.3 Å². The molecule has 1 atom stereocenters. The molecule has 3 rings (SSSR count). The van der Waals surface area contributed by atoms with Gasteiger partial charge in [-0.25, -0.2) is 9.78 Å². The molecule has 1 aromatic heterocycles. The zero-order chi connectivity index (χ0) is 16.1. The van der Waals surface area contributed by atoms with Gasteiger partial charge in [0.2, 0.25) is 0 Å². The first-order valence-corrected chi connectivity index (χ1v) is 7.71. The van der Waals surface area contributed by atoms with E-state index in [9.17, 15) is 4.79 Å². The van der Waals surface area contributed by atoms with Crippen molar-refractivity contribution in [3.63, 3.8) is 0 Å². The Bertz CT molecular complexity index is 777. The molecule has 0 radical (unpaired) electrons. The van der Waals surface area contributed by atoms with Crippen LogP contribution in [-0.2, 0) is 6.54 Å². The highest BCUT2D eigenvalue weighted by atomic mass is 16.2. The molecular weight excluding hydrogens is 288 g/mol. The third kappa shape index (κ3) is 3.88. The number of anilines is 1. The zero-order valence-electron chi connectivity index (χ0n) is 13.1. The number of hydrogen-bond donors (Lipinski definition) is 2. The molecule has 2 aromatic carbocycles.